The lowest BCUT2D eigenvalue weighted by Crippen LogP contribution is -2.14. The minimum absolute atomic E-state index is 0.00967. The molecule has 2 aromatic rings. The van der Waals surface area contributed by atoms with Gasteiger partial charge in [0, 0.05) is 5.69 Å². The number of benzene rings is 2. The summed E-state index contributed by atoms with van der Waals surface area (Å²) in [7, 11) is 0. The Morgan fingerprint density at radius 2 is 1.39 bits per heavy atom. The summed E-state index contributed by atoms with van der Waals surface area (Å²) in [6.07, 6.45) is 0. The van der Waals surface area contributed by atoms with Crippen molar-refractivity contribution < 1.29 is 24.2 Å². The number of hydrogen-bond acceptors (Lipinski definition) is 3. The molecule has 0 fully saturated rings. The van der Waals surface area contributed by atoms with E-state index in [4.69, 9.17) is 0 Å². The zero-order valence-corrected chi connectivity index (χ0v) is 12.9. The van der Waals surface area contributed by atoms with Gasteiger partial charge in [-0.2, -0.15) is 0 Å². The number of carboxylic acids is 2. The quantitative estimate of drug-likeness (QED) is 0.796. The first-order valence-corrected chi connectivity index (χ1v) is 6.87. The molecule has 0 aromatic heterocycles. The first-order chi connectivity index (χ1) is 10.7. The molecule has 120 valence electrons. The lowest BCUT2D eigenvalue weighted by Gasteiger charge is -2.19. The highest BCUT2D eigenvalue weighted by Crippen LogP contribution is 2.33. The number of carboxylic acid groups (broad SMARTS) is 2. The van der Waals surface area contributed by atoms with Crippen molar-refractivity contribution >= 4 is 23.3 Å². The van der Waals surface area contributed by atoms with E-state index in [0.29, 0.717) is 22.5 Å². The Balaban J connectivity index is 2.69. The minimum Gasteiger partial charge on any atom is -0.478 e. The van der Waals surface area contributed by atoms with Gasteiger partial charge < -0.3 is 15.5 Å². The molecule has 0 saturated carbocycles. The molecule has 0 aliphatic heterocycles. The Morgan fingerprint density at radius 1 is 0.870 bits per heavy atom. The molecule has 0 aliphatic rings. The molecule has 6 heteroatoms. The molecule has 2 rings (SSSR count). The normalized spacial score (nSPS) is 10.4. The number of carbonyl (C=O) groups is 2. The molecule has 0 bridgehead atoms. The van der Waals surface area contributed by atoms with E-state index < -0.39 is 17.8 Å². The van der Waals surface area contributed by atoms with Crippen molar-refractivity contribution in [2.45, 2.75) is 20.8 Å². The monoisotopic (exact) mass is 317 g/mol. The summed E-state index contributed by atoms with van der Waals surface area (Å²) < 4.78 is 13.0. The summed E-state index contributed by atoms with van der Waals surface area (Å²) in [6.45, 7) is 4.75. The summed E-state index contributed by atoms with van der Waals surface area (Å²) in [5.74, 6) is -2.80. The lowest BCUT2D eigenvalue weighted by molar-refractivity contribution is 0.0695. The lowest BCUT2D eigenvalue weighted by atomic mass is 9.91. The van der Waals surface area contributed by atoms with Crippen LogP contribution in [0.4, 0.5) is 15.8 Å². The Kier molecular flexibility index (Phi) is 4.36. The van der Waals surface area contributed by atoms with E-state index in [1.165, 1.54) is 31.2 Å². The standard InChI is InChI=1S/C17H16FNO4/c1-8-9(2)15(19-12-6-4-11(18)5-7-12)14(17(22)23)10(3)13(8)16(20)21/h4-7,19H,1-3H3,(H,20,21)(H,22,23). The van der Waals surface area contributed by atoms with E-state index in [1.807, 2.05) is 0 Å². The van der Waals surface area contributed by atoms with Crippen molar-refractivity contribution in [1.29, 1.82) is 0 Å². The van der Waals surface area contributed by atoms with Crippen LogP contribution < -0.4 is 5.32 Å². The second kappa shape index (κ2) is 6.08. The summed E-state index contributed by atoms with van der Waals surface area (Å²) in [6, 6.07) is 5.47. The largest absolute Gasteiger partial charge is 0.478 e. The van der Waals surface area contributed by atoms with Crippen molar-refractivity contribution in [1.82, 2.24) is 0 Å². The summed E-state index contributed by atoms with van der Waals surface area (Å²) >= 11 is 0. The fourth-order valence-corrected chi connectivity index (χ4v) is 2.58. The third-order valence-electron chi connectivity index (χ3n) is 3.85. The van der Waals surface area contributed by atoms with Crippen LogP contribution >= 0.6 is 0 Å². The van der Waals surface area contributed by atoms with E-state index in [1.54, 1.807) is 13.8 Å². The van der Waals surface area contributed by atoms with Gasteiger partial charge in [-0.05, 0) is 61.7 Å². The molecule has 3 N–H and O–H groups in total. The van der Waals surface area contributed by atoms with Gasteiger partial charge in [0.1, 0.15) is 5.82 Å². The average molecular weight is 317 g/mol. The molecule has 0 unspecified atom stereocenters. The fraction of sp³-hybridized carbons (Fsp3) is 0.176. The van der Waals surface area contributed by atoms with E-state index in [9.17, 15) is 24.2 Å². The van der Waals surface area contributed by atoms with Gasteiger partial charge in [0.2, 0.25) is 0 Å². The van der Waals surface area contributed by atoms with Gasteiger partial charge in [0.25, 0.3) is 0 Å². The zero-order chi connectivity index (χ0) is 17.3. The van der Waals surface area contributed by atoms with Gasteiger partial charge in [-0.1, -0.05) is 0 Å². The molecule has 0 atom stereocenters. The van der Waals surface area contributed by atoms with Gasteiger partial charge >= 0.3 is 11.9 Å². The number of halogens is 1. The van der Waals surface area contributed by atoms with Crippen molar-refractivity contribution in [3.8, 4) is 0 Å². The molecule has 0 spiro atoms. The maximum absolute atomic E-state index is 13.0. The van der Waals surface area contributed by atoms with Crippen LogP contribution in [0.2, 0.25) is 0 Å². The second-order valence-electron chi connectivity index (χ2n) is 5.24. The number of hydrogen-bond donors (Lipinski definition) is 3. The van der Waals surface area contributed by atoms with Gasteiger partial charge in [-0.15, -0.1) is 0 Å². The molecule has 23 heavy (non-hydrogen) atoms. The van der Waals surface area contributed by atoms with Gasteiger partial charge in [-0.25, -0.2) is 14.0 Å². The van der Waals surface area contributed by atoms with Crippen LogP contribution in [0.15, 0.2) is 24.3 Å². The average Bonchev–Trinajstić information content (AvgIpc) is 2.46. The summed E-state index contributed by atoms with van der Waals surface area (Å²) in [4.78, 5) is 23.1. The van der Waals surface area contributed by atoms with Crippen molar-refractivity contribution in [2.75, 3.05) is 5.32 Å². The van der Waals surface area contributed by atoms with Crippen molar-refractivity contribution in [3.05, 3.63) is 57.9 Å². The Bertz CT molecular complexity index is 797. The summed E-state index contributed by atoms with van der Waals surface area (Å²) in [5.41, 5.74) is 1.90. The van der Waals surface area contributed by atoms with Crippen LogP contribution in [0, 0.1) is 26.6 Å². The Morgan fingerprint density at radius 3 is 1.87 bits per heavy atom. The van der Waals surface area contributed by atoms with Crippen LogP contribution in [0.3, 0.4) is 0 Å². The zero-order valence-electron chi connectivity index (χ0n) is 12.9. The van der Waals surface area contributed by atoms with Crippen LogP contribution in [-0.4, -0.2) is 22.2 Å². The highest BCUT2D eigenvalue weighted by molar-refractivity contribution is 6.03. The van der Waals surface area contributed by atoms with Crippen molar-refractivity contribution in [2.24, 2.45) is 0 Å². The third kappa shape index (κ3) is 3.01. The minimum atomic E-state index is -1.22. The topological polar surface area (TPSA) is 86.6 Å². The molecule has 0 saturated heterocycles. The van der Waals surface area contributed by atoms with Crippen LogP contribution in [-0.2, 0) is 0 Å². The highest BCUT2D eigenvalue weighted by Gasteiger charge is 2.25. The molecular formula is C17H16FNO4. The van der Waals surface area contributed by atoms with Crippen LogP contribution in [0.25, 0.3) is 0 Å². The van der Waals surface area contributed by atoms with E-state index in [2.05, 4.69) is 5.32 Å². The molecular weight excluding hydrogens is 301 g/mol. The van der Waals surface area contributed by atoms with E-state index >= 15 is 0 Å². The van der Waals surface area contributed by atoms with Gasteiger partial charge in [-0.3, -0.25) is 0 Å². The predicted octanol–water partition coefficient (Wildman–Crippen LogP) is 3.89. The number of rotatable bonds is 4. The highest BCUT2D eigenvalue weighted by atomic mass is 19.1. The smallest absolute Gasteiger partial charge is 0.338 e. The van der Waals surface area contributed by atoms with Crippen LogP contribution in [0.1, 0.15) is 37.4 Å². The van der Waals surface area contributed by atoms with Gasteiger partial charge in [0.15, 0.2) is 0 Å². The molecule has 0 heterocycles. The van der Waals surface area contributed by atoms with Gasteiger partial charge in [0.05, 0.1) is 16.8 Å². The number of aromatic carboxylic acids is 2. The first-order valence-electron chi connectivity index (χ1n) is 6.87. The maximum Gasteiger partial charge on any atom is 0.338 e. The van der Waals surface area contributed by atoms with Crippen molar-refractivity contribution in [3.63, 3.8) is 0 Å². The number of nitrogens with one attached hydrogen (secondary N) is 1. The Hall–Kier alpha value is -2.89. The van der Waals surface area contributed by atoms with E-state index in [-0.39, 0.29) is 16.7 Å². The predicted molar refractivity (Wildman–Crippen MR) is 84.3 cm³/mol. The summed E-state index contributed by atoms with van der Waals surface area (Å²) in [5, 5.41) is 21.8. The number of anilines is 2. The maximum atomic E-state index is 13.0. The molecule has 0 amide bonds. The second-order valence-corrected chi connectivity index (χ2v) is 5.24. The third-order valence-corrected chi connectivity index (χ3v) is 3.85. The molecule has 2 aromatic carbocycles. The molecule has 0 radical (unpaired) electrons. The first kappa shape index (κ1) is 16.5. The molecule has 5 nitrogen and oxygen atoms in total. The molecule has 0 aliphatic carbocycles. The van der Waals surface area contributed by atoms with Crippen LogP contribution in [0.5, 0.6) is 0 Å². The van der Waals surface area contributed by atoms with E-state index in [0.717, 1.165) is 0 Å². The fourth-order valence-electron chi connectivity index (χ4n) is 2.58. The SMILES string of the molecule is Cc1c(C)c(C(=O)O)c(C)c(C(=O)O)c1Nc1ccc(F)cc1. The Labute approximate surface area is 132 Å².